The van der Waals surface area contributed by atoms with Crippen molar-refractivity contribution in [2.24, 2.45) is 0 Å². The zero-order valence-electron chi connectivity index (χ0n) is 9.55. The zero-order valence-corrected chi connectivity index (χ0v) is 9.55. The third-order valence-corrected chi connectivity index (χ3v) is 2.17. The van der Waals surface area contributed by atoms with Crippen LogP contribution in [0.2, 0.25) is 0 Å². The Morgan fingerprint density at radius 2 is 2.00 bits per heavy atom. The Hall–Kier alpha value is -2.10. The number of ether oxygens (including phenoxy) is 1. The highest BCUT2D eigenvalue weighted by Gasteiger charge is 2.02. The van der Waals surface area contributed by atoms with Gasteiger partial charge >= 0.3 is 5.97 Å². The molecule has 0 fully saturated rings. The Kier molecular flexibility index (Phi) is 4.94. The van der Waals surface area contributed by atoms with Gasteiger partial charge in [-0.05, 0) is 18.2 Å². The number of benzene rings is 1. The van der Waals surface area contributed by atoms with E-state index in [1.165, 1.54) is 6.08 Å². The molecule has 0 amide bonds. The van der Waals surface area contributed by atoms with Crippen LogP contribution in [-0.2, 0) is 9.59 Å². The minimum atomic E-state index is -0.968. The highest BCUT2D eigenvalue weighted by Crippen LogP contribution is 2.18. The predicted octanol–water partition coefficient (Wildman–Crippen LogP) is 2.14. The van der Waals surface area contributed by atoms with Crippen LogP contribution in [0.3, 0.4) is 0 Å². The average Bonchev–Trinajstić information content (AvgIpc) is 2.34. The third kappa shape index (κ3) is 4.51. The second-order valence-electron chi connectivity index (χ2n) is 3.44. The Bertz CT molecular complexity index is 435. The Labute approximate surface area is 99.5 Å². The van der Waals surface area contributed by atoms with Crippen LogP contribution in [-0.4, -0.2) is 24.0 Å². The molecule has 0 atom stereocenters. The molecule has 0 heterocycles. The molecule has 1 N–H and O–H groups in total. The number of carbonyl (C=O) groups excluding carboxylic acids is 1. The van der Waals surface area contributed by atoms with Crippen molar-refractivity contribution in [2.75, 3.05) is 7.11 Å². The molecule has 4 heteroatoms. The second-order valence-corrected chi connectivity index (χ2v) is 3.44. The largest absolute Gasteiger partial charge is 0.496 e. The van der Waals surface area contributed by atoms with Gasteiger partial charge in [0.05, 0.1) is 13.5 Å². The van der Waals surface area contributed by atoms with Gasteiger partial charge < -0.3 is 9.84 Å². The van der Waals surface area contributed by atoms with E-state index in [1.54, 1.807) is 19.3 Å². The van der Waals surface area contributed by atoms with Gasteiger partial charge in [0.25, 0.3) is 0 Å². The Balaban J connectivity index is 2.63. The van der Waals surface area contributed by atoms with Crippen molar-refractivity contribution < 1.29 is 19.4 Å². The van der Waals surface area contributed by atoms with Gasteiger partial charge in [-0.3, -0.25) is 9.59 Å². The number of rotatable bonds is 6. The van der Waals surface area contributed by atoms with E-state index >= 15 is 0 Å². The number of carboxylic acid groups (broad SMARTS) is 1. The van der Waals surface area contributed by atoms with E-state index in [1.807, 2.05) is 18.2 Å². The van der Waals surface area contributed by atoms with Gasteiger partial charge in [-0.25, -0.2) is 0 Å². The predicted molar refractivity (Wildman–Crippen MR) is 63.9 cm³/mol. The normalized spacial score (nSPS) is 10.4. The summed E-state index contributed by atoms with van der Waals surface area (Å²) >= 11 is 0. The summed E-state index contributed by atoms with van der Waals surface area (Å²) in [6.45, 7) is 0. The van der Waals surface area contributed by atoms with Crippen molar-refractivity contribution in [2.45, 2.75) is 12.8 Å². The van der Waals surface area contributed by atoms with Crippen LogP contribution in [0.15, 0.2) is 30.3 Å². The molecule has 0 aliphatic carbocycles. The lowest BCUT2D eigenvalue weighted by molar-refractivity contribution is -0.138. The van der Waals surface area contributed by atoms with Crippen molar-refractivity contribution in [3.63, 3.8) is 0 Å². The third-order valence-electron chi connectivity index (χ3n) is 2.17. The molecule has 0 spiro atoms. The Morgan fingerprint density at radius 1 is 1.29 bits per heavy atom. The first kappa shape index (κ1) is 13.0. The maximum Gasteiger partial charge on any atom is 0.303 e. The number of para-hydroxylation sites is 1. The van der Waals surface area contributed by atoms with E-state index in [0.717, 1.165) is 5.56 Å². The van der Waals surface area contributed by atoms with Crippen molar-refractivity contribution in [1.29, 1.82) is 0 Å². The number of ketones is 1. The maximum atomic E-state index is 11.3. The molecule has 0 saturated carbocycles. The van der Waals surface area contributed by atoms with Crippen LogP contribution in [0.1, 0.15) is 18.4 Å². The van der Waals surface area contributed by atoms with Crippen LogP contribution in [0.25, 0.3) is 6.08 Å². The SMILES string of the molecule is COc1ccccc1C=CC(=O)CCC(=O)O. The lowest BCUT2D eigenvalue weighted by atomic mass is 10.1. The lowest BCUT2D eigenvalue weighted by Crippen LogP contribution is -2.00. The first-order valence-corrected chi connectivity index (χ1v) is 5.19. The molecule has 1 aromatic carbocycles. The minimum absolute atomic E-state index is 0.0149. The molecule has 0 bridgehead atoms. The summed E-state index contributed by atoms with van der Waals surface area (Å²) in [5.41, 5.74) is 0.790. The molecule has 1 rings (SSSR count). The number of carbonyl (C=O) groups is 2. The fraction of sp³-hybridized carbons (Fsp3) is 0.231. The Morgan fingerprint density at radius 3 is 2.65 bits per heavy atom. The second kappa shape index (κ2) is 6.48. The monoisotopic (exact) mass is 234 g/mol. The topological polar surface area (TPSA) is 63.6 Å². The van der Waals surface area contributed by atoms with Gasteiger partial charge in [0.2, 0.25) is 0 Å². The van der Waals surface area contributed by atoms with Crippen molar-refractivity contribution in [1.82, 2.24) is 0 Å². The van der Waals surface area contributed by atoms with Gasteiger partial charge in [0.15, 0.2) is 5.78 Å². The van der Waals surface area contributed by atoms with Crippen LogP contribution in [0.4, 0.5) is 0 Å². The summed E-state index contributed by atoms with van der Waals surface area (Å²) in [5.74, 6) is -0.503. The fourth-order valence-electron chi connectivity index (χ4n) is 1.30. The van der Waals surface area contributed by atoms with E-state index in [0.29, 0.717) is 5.75 Å². The highest BCUT2D eigenvalue weighted by atomic mass is 16.5. The summed E-state index contributed by atoms with van der Waals surface area (Å²) in [6.07, 6.45) is 2.87. The number of carboxylic acids is 1. The molecule has 0 radical (unpaired) electrons. The van der Waals surface area contributed by atoms with E-state index < -0.39 is 5.97 Å². The molecule has 4 nitrogen and oxygen atoms in total. The lowest BCUT2D eigenvalue weighted by Gasteiger charge is -2.02. The molecule has 0 aromatic heterocycles. The standard InChI is InChI=1S/C13H14O4/c1-17-12-5-3-2-4-10(12)6-7-11(14)8-9-13(15)16/h2-7H,8-9H2,1H3,(H,15,16). The zero-order chi connectivity index (χ0) is 12.7. The highest BCUT2D eigenvalue weighted by molar-refractivity contribution is 5.95. The molecule has 0 aliphatic rings. The van der Waals surface area contributed by atoms with Crippen LogP contribution in [0, 0.1) is 0 Å². The van der Waals surface area contributed by atoms with E-state index in [9.17, 15) is 9.59 Å². The first-order valence-electron chi connectivity index (χ1n) is 5.19. The molecule has 0 saturated heterocycles. The number of allylic oxidation sites excluding steroid dienone is 1. The van der Waals surface area contributed by atoms with Crippen LogP contribution in [0.5, 0.6) is 5.75 Å². The van der Waals surface area contributed by atoms with Crippen molar-refractivity contribution in [3.8, 4) is 5.75 Å². The van der Waals surface area contributed by atoms with E-state index in [2.05, 4.69) is 0 Å². The van der Waals surface area contributed by atoms with Gasteiger partial charge in [0, 0.05) is 12.0 Å². The number of hydrogen-bond donors (Lipinski definition) is 1. The summed E-state index contributed by atoms with van der Waals surface area (Å²) < 4.78 is 5.12. The summed E-state index contributed by atoms with van der Waals surface area (Å²) in [4.78, 5) is 21.6. The van der Waals surface area contributed by atoms with Crippen LogP contribution >= 0.6 is 0 Å². The summed E-state index contributed by atoms with van der Waals surface area (Å²) in [6, 6.07) is 7.29. The maximum absolute atomic E-state index is 11.3. The molecular formula is C13H14O4. The van der Waals surface area contributed by atoms with Crippen LogP contribution < -0.4 is 4.74 Å². The minimum Gasteiger partial charge on any atom is -0.496 e. The fourth-order valence-corrected chi connectivity index (χ4v) is 1.30. The average molecular weight is 234 g/mol. The molecule has 0 aliphatic heterocycles. The van der Waals surface area contributed by atoms with Gasteiger partial charge in [-0.1, -0.05) is 18.2 Å². The molecule has 17 heavy (non-hydrogen) atoms. The van der Waals surface area contributed by atoms with Gasteiger partial charge in [-0.15, -0.1) is 0 Å². The smallest absolute Gasteiger partial charge is 0.303 e. The number of aliphatic carboxylic acids is 1. The molecule has 90 valence electrons. The van der Waals surface area contributed by atoms with Crippen molar-refractivity contribution in [3.05, 3.63) is 35.9 Å². The quantitative estimate of drug-likeness (QED) is 0.766. The summed E-state index contributed by atoms with van der Waals surface area (Å²) in [5, 5.41) is 8.43. The number of methoxy groups -OCH3 is 1. The van der Waals surface area contributed by atoms with E-state index in [4.69, 9.17) is 9.84 Å². The van der Waals surface area contributed by atoms with E-state index in [-0.39, 0.29) is 18.6 Å². The molecule has 1 aromatic rings. The summed E-state index contributed by atoms with van der Waals surface area (Å²) in [7, 11) is 1.55. The first-order chi connectivity index (χ1) is 8.13. The van der Waals surface area contributed by atoms with Gasteiger partial charge in [-0.2, -0.15) is 0 Å². The number of hydrogen-bond acceptors (Lipinski definition) is 3. The molecular weight excluding hydrogens is 220 g/mol. The molecule has 0 unspecified atom stereocenters. The van der Waals surface area contributed by atoms with Gasteiger partial charge in [0.1, 0.15) is 5.75 Å². The van der Waals surface area contributed by atoms with Crippen molar-refractivity contribution >= 4 is 17.8 Å².